The molecule has 0 aromatic heterocycles. The maximum atomic E-state index is 12.6. The normalized spacial score (nSPS) is 10.8. The van der Waals surface area contributed by atoms with Crippen molar-refractivity contribution in [2.75, 3.05) is 6.61 Å². The van der Waals surface area contributed by atoms with Crippen LogP contribution in [0.4, 0.5) is 13.2 Å². The van der Waals surface area contributed by atoms with Crippen LogP contribution in [-0.4, -0.2) is 17.7 Å². The Kier molecular flexibility index (Phi) is 3.81. The van der Waals surface area contributed by atoms with Crippen LogP contribution in [0.1, 0.15) is 28.4 Å². The van der Waals surface area contributed by atoms with Gasteiger partial charge in [-0.3, -0.25) is 0 Å². The van der Waals surface area contributed by atoms with Gasteiger partial charge in [-0.1, -0.05) is 0 Å². The number of alkyl halides is 3. The summed E-state index contributed by atoms with van der Waals surface area (Å²) in [6, 6.07) is 2.50. The molecule has 0 aliphatic rings. The molecule has 1 rings (SSSR count). The maximum Gasteiger partial charge on any atom is 0.417 e. The van der Waals surface area contributed by atoms with Gasteiger partial charge in [0.25, 0.3) is 0 Å². The molecule has 0 heterocycles. The van der Waals surface area contributed by atoms with Gasteiger partial charge in [0.2, 0.25) is 0 Å². The maximum absolute atomic E-state index is 12.6. The van der Waals surface area contributed by atoms with Gasteiger partial charge in [0, 0.05) is 0 Å². The lowest BCUT2D eigenvalue weighted by molar-refractivity contribution is -0.137. The van der Waals surface area contributed by atoms with E-state index in [9.17, 15) is 23.1 Å². The molecule has 0 spiro atoms. The first-order chi connectivity index (χ1) is 8.31. The molecule has 4 nitrogen and oxygen atoms in total. The number of halogens is 3. The summed E-state index contributed by atoms with van der Waals surface area (Å²) in [6.07, 6.45) is -4.84. The van der Waals surface area contributed by atoms with Crippen molar-refractivity contribution < 1.29 is 27.8 Å². The molecular formula is C11H8F3NO3. The monoisotopic (exact) mass is 259 g/mol. The fourth-order valence-electron chi connectivity index (χ4n) is 1.30. The van der Waals surface area contributed by atoms with Crippen LogP contribution < -0.4 is 0 Å². The summed E-state index contributed by atoms with van der Waals surface area (Å²) in [6.45, 7) is 1.48. The second kappa shape index (κ2) is 4.96. The van der Waals surface area contributed by atoms with Crippen molar-refractivity contribution in [3.8, 4) is 11.8 Å². The van der Waals surface area contributed by atoms with Crippen LogP contribution in [0.2, 0.25) is 0 Å². The third-order valence-electron chi connectivity index (χ3n) is 2.05. The summed E-state index contributed by atoms with van der Waals surface area (Å²) in [4.78, 5) is 11.3. The average molecular weight is 259 g/mol. The van der Waals surface area contributed by atoms with Crippen molar-refractivity contribution in [2.24, 2.45) is 0 Å². The van der Waals surface area contributed by atoms with Crippen molar-refractivity contribution in [1.29, 1.82) is 5.26 Å². The predicted molar refractivity (Wildman–Crippen MR) is 53.8 cm³/mol. The van der Waals surface area contributed by atoms with Crippen LogP contribution in [0.5, 0.6) is 5.75 Å². The zero-order valence-corrected chi connectivity index (χ0v) is 9.21. The van der Waals surface area contributed by atoms with Gasteiger partial charge in [0.05, 0.1) is 17.7 Å². The van der Waals surface area contributed by atoms with Crippen LogP contribution in [0.15, 0.2) is 12.1 Å². The molecule has 0 atom stereocenters. The minimum Gasteiger partial charge on any atom is -0.507 e. The molecule has 0 unspecified atom stereocenters. The average Bonchev–Trinajstić information content (AvgIpc) is 2.27. The molecule has 96 valence electrons. The van der Waals surface area contributed by atoms with E-state index in [0.717, 1.165) is 6.07 Å². The predicted octanol–water partition coefficient (Wildman–Crippen LogP) is 2.46. The summed E-state index contributed by atoms with van der Waals surface area (Å²) in [7, 11) is 0. The van der Waals surface area contributed by atoms with E-state index in [2.05, 4.69) is 4.74 Å². The first-order valence-corrected chi connectivity index (χ1v) is 4.82. The first-order valence-electron chi connectivity index (χ1n) is 4.82. The highest BCUT2D eigenvalue weighted by molar-refractivity contribution is 5.90. The number of rotatable bonds is 2. The lowest BCUT2D eigenvalue weighted by atomic mass is 10.0. The van der Waals surface area contributed by atoms with E-state index in [1.807, 2.05) is 0 Å². The fraction of sp³-hybridized carbons (Fsp3) is 0.273. The Morgan fingerprint density at radius 2 is 2.11 bits per heavy atom. The van der Waals surface area contributed by atoms with E-state index in [4.69, 9.17) is 5.26 Å². The SMILES string of the molecule is CCOC(=O)c1cc(O)c(C#N)c(C(F)(F)F)c1. The number of phenols is 1. The molecule has 0 fully saturated rings. The molecule has 0 aliphatic heterocycles. The summed E-state index contributed by atoms with van der Waals surface area (Å²) in [5.74, 6) is -1.90. The van der Waals surface area contributed by atoms with E-state index >= 15 is 0 Å². The smallest absolute Gasteiger partial charge is 0.417 e. The zero-order chi connectivity index (χ0) is 13.9. The Hall–Kier alpha value is -2.23. The number of aromatic hydroxyl groups is 1. The molecule has 0 radical (unpaired) electrons. The number of carbonyl (C=O) groups excluding carboxylic acids is 1. The van der Waals surface area contributed by atoms with Crippen LogP contribution in [-0.2, 0) is 10.9 Å². The lowest BCUT2D eigenvalue weighted by Gasteiger charge is -2.11. The Bertz CT molecular complexity index is 517. The molecule has 7 heteroatoms. The number of esters is 1. The molecule has 1 aromatic rings. The van der Waals surface area contributed by atoms with E-state index in [1.165, 1.54) is 13.0 Å². The first kappa shape index (κ1) is 13.8. The van der Waals surface area contributed by atoms with Gasteiger partial charge >= 0.3 is 12.1 Å². The highest BCUT2D eigenvalue weighted by Gasteiger charge is 2.36. The van der Waals surface area contributed by atoms with E-state index in [0.29, 0.717) is 6.07 Å². The number of ether oxygens (including phenoxy) is 1. The molecule has 1 N–H and O–H groups in total. The van der Waals surface area contributed by atoms with Gasteiger partial charge in [0.1, 0.15) is 17.4 Å². The second-order valence-electron chi connectivity index (χ2n) is 3.25. The second-order valence-corrected chi connectivity index (χ2v) is 3.25. The minimum atomic E-state index is -4.84. The number of hydrogen-bond acceptors (Lipinski definition) is 4. The molecule has 0 saturated heterocycles. The van der Waals surface area contributed by atoms with Crippen molar-refractivity contribution in [3.63, 3.8) is 0 Å². The quantitative estimate of drug-likeness (QED) is 0.828. The van der Waals surface area contributed by atoms with Crippen LogP contribution in [0, 0.1) is 11.3 Å². The van der Waals surface area contributed by atoms with Gasteiger partial charge in [0.15, 0.2) is 0 Å². The summed E-state index contributed by atoms with van der Waals surface area (Å²) < 4.78 is 42.4. The Morgan fingerprint density at radius 3 is 2.56 bits per heavy atom. The molecule has 0 aliphatic carbocycles. The van der Waals surface area contributed by atoms with E-state index in [-0.39, 0.29) is 6.61 Å². The van der Waals surface area contributed by atoms with Crippen LogP contribution in [0.3, 0.4) is 0 Å². The third kappa shape index (κ3) is 2.71. The van der Waals surface area contributed by atoms with Gasteiger partial charge in [-0.2, -0.15) is 18.4 Å². The highest BCUT2D eigenvalue weighted by atomic mass is 19.4. The fourth-order valence-corrected chi connectivity index (χ4v) is 1.30. The van der Waals surface area contributed by atoms with Gasteiger partial charge in [-0.05, 0) is 19.1 Å². The number of hydrogen-bond donors (Lipinski definition) is 1. The van der Waals surface area contributed by atoms with Crippen molar-refractivity contribution in [3.05, 3.63) is 28.8 Å². The van der Waals surface area contributed by atoms with E-state index in [1.54, 1.807) is 0 Å². The van der Waals surface area contributed by atoms with Gasteiger partial charge in [-0.25, -0.2) is 4.79 Å². The lowest BCUT2D eigenvalue weighted by Crippen LogP contribution is -2.12. The Labute approximate surface area is 100 Å². The van der Waals surface area contributed by atoms with Crippen molar-refractivity contribution in [2.45, 2.75) is 13.1 Å². The number of nitrogens with zero attached hydrogens (tertiary/aromatic N) is 1. The van der Waals surface area contributed by atoms with E-state index < -0.39 is 34.6 Å². The van der Waals surface area contributed by atoms with Crippen LogP contribution in [0.25, 0.3) is 0 Å². The summed E-state index contributed by atoms with van der Waals surface area (Å²) in [5.41, 5.74) is -2.75. The Balaban J connectivity index is 3.41. The van der Waals surface area contributed by atoms with Crippen LogP contribution >= 0.6 is 0 Å². The molecule has 0 amide bonds. The number of benzene rings is 1. The molecule has 18 heavy (non-hydrogen) atoms. The molecule has 0 saturated carbocycles. The summed E-state index contributed by atoms with van der Waals surface area (Å²) >= 11 is 0. The number of carbonyl (C=O) groups is 1. The van der Waals surface area contributed by atoms with Gasteiger partial charge < -0.3 is 9.84 Å². The standard InChI is InChI=1S/C11H8F3NO3/c1-2-18-10(17)6-3-8(11(12,13)14)7(5-15)9(16)4-6/h3-4,16H,2H2,1H3. The minimum absolute atomic E-state index is 0.0129. The molecule has 1 aromatic carbocycles. The van der Waals surface area contributed by atoms with Gasteiger partial charge in [-0.15, -0.1) is 0 Å². The van der Waals surface area contributed by atoms with Crippen molar-refractivity contribution in [1.82, 2.24) is 0 Å². The Morgan fingerprint density at radius 1 is 1.50 bits per heavy atom. The topological polar surface area (TPSA) is 70.3 Å². The van der Waals surface area contributed by atoms with Crippen molar-refractivity contribution >= 4 is 5.97 Å². The third-order valence-corrected chi connectivity index (χ3v) is 2.05. The number of nitriles is 1. The molecule has 0 bridgehead atoms. The number of phenolic OH excluding ortho intramolecular Hbond substituents is 1. The zero-order valence-electron chi connectivity index (χ0n) is 9.21. The highest BCUT2D eigenvalue weighted by Crippen LogP contribution is 2.36. The largest absolute Gasteiger partial charge is 0.507 e. The molecular weight excluding hydrogens is 251 g/mol. The summed E-state index contributed by atoms with van der Waals surface area (Å²) in [5, 5.41) is 17.9.